The predicted molar refractivity (Wildman–Crippen MR) is 136 cm³/mol. The number of likely N-dealkylation sites (tertiary alicyclic amines) is 1. The normalized spacial score (nSPS) is 20.5. The van der Waals surface area contributed by atoms with Gasteiger partial charge in [-0.1, -0.05) is 0 Å². The molecule has 0 spiro atoms. The van der Waals surface area contributed by atoms with Crippen molar-refractivity contribution < 1.29 is 28.6 Å². The van der Waals surface area contributed by atoms with E-state index in [1.54, 1.807) is 35.2 Å². The van der Waals surface area contributed by atoms with Gasteiger partial charge in [-0.15, -0.1) is 11.3 Å². The lowest BCUT2D eigenvalue weighted by Gasteiger charge is -2.27. The maximum absolute atomic E-state index is 12.9. The second kappa shape index (κ2) is 11.8. The molecule has 3 heterocycles. The summed E-state index contributed by atoms with van der Waals surface area (Å²) in [6, 6.07) is 10.7. The van der Waals surface area contributed by atoms with Gasteiger partial charge in [-0.2, -0.15) is 0 Å². The maximum Gasteiger partial charge on any atom is 0.413 e. The van der Waals surface area contributed by atoms with Crippen LogP contribution in [0.1, 0.15) is 18.2 Å². The number of hydrogen-bond donors (Lipinski definition) is 1. The predicted octanol–water partition coefficient (Wildman–Crippen LogP) is 4.10. The van der Waals surface area contributed by atoms with Gasteiger partial charge < -0.3 is 24.0 Å². The first-order valence-electron chi connectivity index (χ1n) is 11.2. The molecule has 0 bridgehead atoms. The third kappa shape index (κ3) is 6.69. The number of ether oxygens (including phenoxy) is 3. The first-order valence-corrected chi connectivity index (χ1v) is 12.9. The Labute approximate surface area is 215 Å². The second-order valence-corrected chi connectivity index (χ2v) is 10.4. The fraction of sp³-hybridized carbons (Fsp3) is 0.375. The quantitative estimate of drug-likeness (QED) is 0.509. The topological polar surface area (TPSA) is 97.4 Å². The van der Waals surface area contributed by atoms with E-state index in [4.69, 9.17) is 14.2 Å². The van der Waals surface area contributed by atoms with Crippen LogP contribution in [0.2, 0.25) is 0 Å². The minimum absolute atomic E-state index is 0.0612. The summed E-state index contributed by atoms with van der Waals surface area (Å²) in [5.74, 6) is -0.360. The third-order valence-electron chi connectivity index (χ3n) is 5.54. The van der Waals surface area contributed by atoms with Crippen molar-refractivity contribution in [3.8, 4) is 0 Å². The molecule has 1 aromatic heterocycles. The zero-order chi connectivity index (χ0) is 24.8. The van der Waals surface area contributed by atoms with E-state index < -0.39 is 12.3 Å². The van der Waals surface area contributed by atoms with Gasteiger partial charge in [0.25, 0.3) is 5.91 Å². The van der Waals surface area contributed by atoms with Gasteiger partial charge in [-0.25, -0.2) is 4.79 Å². The summed E-state index contributed by atoms with van der Waals surface area (Å²) in [6.07, 6.45) is 1.98. The molecule has 0 saturated carbocycles. The van der Waals surface area contributed by atoms with Crippen LogP contribution in [0.15, 0.2) is 46.3 Å². The molecule has 2 saturated heterocycles. The van der Waals surface area contributed by atoms with E-state index in [1.165, 1.54) is 22.3 Å². The van der Waals surface area contributed by atoms with Crippen LogP contribution in [0.3, 0.4) is 0 Å². The van der Waals surface area contributed by atoms with Crippen molar-refractivity contribution in [2.24, 2.45) is 0 Å². The second-order valence-electron chi connectivity index (χ2n) is 7.91. The lowest BCUT2D eigenvalue weighted by Crippen LogP contribution is -2.41. The number of anilines is 2. The highest BCUT2D eigenvalue weighted by Gasteiger charge is 2.37. The molecule has 0 aliphatic carbocycles. The lowest BCUT2D eigenvalue weighted by molar-refractivity contribution is -0.132. The van der Waals surface area contributed by atoms with E-state index in [0.29, 0.717) is 38.4 Å². The van der Waals surface area contributed by atoms with Gasteiger partial charge in [0.15, 0.2) is 6.23 Å². The molecule has 2 aliphatic rings. The molecule has 1 N–H and O–H groups in total. The molecule has 2 aliphatic heterocycles. The van der Waals surface area contributed by atoms with Crippen molar-refractivity contribution in [1.82, 2.24) is 4.90 Å². The highest BCUT2D eigenvalue weighted by atomic mass is 79.9. The molecule has 35 heavy (non-hydrogen) atoms. The molecular weight excluding hydrogens is 538 g/mol. The monoisotopic (exact) mass is 563 g/mol. The number of benzene rings is 1. The van der Waals surface area contributed by atoms with Crippen molar-refractivity contribution in [2.45, 2.75) is 25.7 Å². The number of halogens is 1. The number of thiophene rings is 1. The highest BCUT2D eigenvalue weighted by molar-refractivity contribution is 9.11. The number of carbonyl (C=O) groups is 3. The summed E-state index contributed by atoms with van der Waals surface area (Å²) in [5, 5.41) is 2.69. The SMILES string of the molecule is CCO[C@@H]1C[C@@H](OC(=O)Nc2ccc(N3CCOCC3=O)cc2)N(C(=O)/C=C/c2ccc(Br)s2)C1. The summed E-state index contributed by atoms with van der Waals surface area (Å²) in [4.78, 5) is 41.6. The highest BCUT2D eigenvalue weighted by Crippen LogP contribution is 2.26. The lowest BCUT2D eigenvalue weighted by atomic mass is 10.2. The summed E-state index contributed by atoms with van der Waals surface area (Å²) < 4.78 is 17.4. The molecule has 2 aromatic rings. The van der Waals surface area contributed by atoms with Gasteiger partial charge in [0, 0.05) is 41.9 Å². The Hall–Kier alpha value is -2.73. The maximum atomic E-state index is 12.9. The first-order chi connectivity index (χ1) is 16.9. The Morgan fingerprint density at radius 1 is 1.26 bits per heavy atom. The Bertz CT molecular complexity index is 1090. The average molecular weight is 564 g/mol. The minimum atomic E-state index is -0.746. The van der Waals surface area contributed by atoms with Crippen molar-refractivity contribution in [3.05, 3.63) is 51.1 Å². The number of hydrogen-bond acceptors (Lipinski definition) is 7. The third-order valence-corrected chi connectivity index (χ3v) is 7.13. The molecular formula is C24H26BrN3O6S. The summed E-state index contributed by atoms with van der Waals surface area (Å²) in [5.41, 5.74) is 1.24. The van der Waals surface area contributed by atoms with Crippen molar-refractivity contribution >= 4 is 62.6 Å². The fourth-order valence-electron chi connectivity index (χ4n) is 3.92. The van der Waals surface area contributed by atoms with Crippen LogP contribution in [0.5, 0.6) is 0 Å². The van der Waals surface area contributed by atoms with Crippen LogP contribution in [-0.2, 0) is 23.8 Å². The summed E-state index contributed by atoms with van der Waals surface area (Å²) in [6.45, 7) is 3.76. The fourth-order valence-corrected chi connectivity index (χ4v) is 5.24. The van der Waals surface area contributed by atoms with E-state index >= 15 is 0 Å². The number of nitrogens with zero attached hydrogens (tertiary/aromatic N) is 2. The van der Waals surface area contributed by atoms with Crippen LogP contribution in [-0.4, -0.2) is 68.0 Å². The zero-order valence-electron chi connectivity index (χ0n) is 19.1. The van der Waals surface area contributed by atoms with Crippen LogP contribution >= 0.6 is 27.3 Å². The van der Waals surface area contributed by atoms with Gasteiger partial charge >= 0.3 is 6.09 Å². The van der Waals surface area contributed by atoms with Gasteiger partial charge in [-0.05, 0) is 65.3 Å². The minimum Gasteiger partial charge on any atom is -0.425 e. The zero-order valence-corrected chi connectivity index (χ0v) is 21.5. The molecule has 3 amide bonds. The van der Waals surface area contributed by atoms with E-state index in [1.807, 2.05) is 19.1 Å². The number of morpholine rings is 1. The van der Waals surface area contributed by atoms with Gasteiger partial charge in [-0.3, -0.25) is 14.9 Å². The number of carbonyl (C=O) groups excluding carboxylic acids is 3. The average Bonchev–Trinajstić information content (AvgIpc) is 3.44. The van der Waals surface area contributed by atoms with E-state index in [-0.39, 0.29) is 24.5 Å². The molecule has 1 aromatic carbocycles. The van der Waals surface area contributed by atoms with Gasteiger partial charge in [0.2, 0.25) is 5.91 Å². The number of nitrogens with one attached hydrogen (secondary N) is 1. The largest absolute Gasteiger partial charge is 0.425 e. The van der Waals surface area contributed by atoms with Crippen molar-refractivity contribution in [2.75, 3.05) is 43.1 Å². The van der Waals surface area contributed by atoms with E-state index in [9.17, 15) is 14.4 Å². The van der Waals surface area contributed by atoms with Crippen LogP contribution in [0.4, 0.5) is 16.2 Å². The molecule has 9 nitrogen and oxygen atoms in total. The Morgan fingerprint density at radius 2 is 2.06 bits per heavy atom. The summed E-state index contributed by atoms with van der Waals surface area (Å²) in [7, 11) is 0. The van der Waals surface area contributed by atoms with Gasteiger partial charge in [0.05, 0.1) is 23.0 Å². The van der Waals surface area contributed by atoms with E-state index in [0.717, 1.165) is 14.4 Å². The van der Waals surface area contributed by atoms with Crippen LogP contribution in [0, 0.1) is 0 Å². The number of amides is 3. The smallest absolute Gasteiger partial charge is 0.413 e. The Morgan fingerprint density at radius 3 is 2.74 bits per heavy atom. The molecule has 0 unspecified atom stereocenters. The first kappa shape index (κ1) is 25.4. The van der Waals surface area contributed by atoms with Gasteiger partial charge in [0.1, 0.15) is 6.61 Å². The number of rotatable bonds is 7. The molecule has 2 atom stereocenters. The Balaban J connectivity index is 1.37. The standard InChI is InChI=1S/C24H26BrN3O6S/c1-2-33-18-13-23(28(14-18)21(29)10-8-19-7-9-20(25)35-19)34-24(31)26-16-3-5-17(6-4-16)27-11-12-32-15-22(27)30/h3-10,18,23H,2,11-15H2,1H3,(H,26,31)/b10-8+/t18-,23-/m1/s1. The van der Waals surface area contributed by atoms with Crippen molar-refractivity contribution in [3.63, 3.8) is 0 Å². The van der Waals surface area contributed by atoms with E-state index in [2.05, 4.69) is 21.2 Å². The van der Waals surface area contributed by atoms with Crippen molar-refractivity contribution in [1.29, 1.82) is 0 Å². The Kier molecular flexibility index (Phi) is 8.55. The summed E-state index contributed by atoms with van der Waals surface area (Å²) >= 11 is 4.92. The molecule has 11 heteroatoms. The molecule has 4 rings (SSSR count). The molecule has 186 valence electrons. The molecule has 2 fully saturated rings. The van der Waals surface area contributed by atoms with Crippen LogP contribution < -0.4 is 10.2 Å². The molecule has 0 radical (unpaired) electrons. The van der Waals surface area contributed by atoms with Crippen LogP contribution in [0.25, 0.3) is 6.08 Å².